The van der Waals surface area contributed by atoms with Gasteiger partial charge in [0.1, 0.15) is 12.3 Å². The smallest absolute Gasteiger partial charge is 0.420 e. The zero-order chi connectivity index (χ0) is 18.7. The van der Waals surface area contributed by atoms with Crippen molar-refractivity contribution in [3.8, 4) is 5.75 Å². The van der Waals surface area contributed by atoms with Crippen molar-refractivity contribution in [2.45, 2.75) is 13.5 Å². The van der Waals surface area contributed by atoms with Crippen LogP contribution < -0.4 is 15.8 Å². The van der Waals surface area contributed by atoms with E-state index in [-0.39, 0.29) is 23.3 Å². The van der Waals surface area contributed by atoms with Crippen LogP contribution in [0.2, 0.25) is 0 Å². The summed E-state index contributed by atoms with van der Waals surface area (Å²) in [6.07, 6.45) is 0. The number of anilines is 1. The van der Waals surface area contributed by atoms with Crippen LogP contribution in [0.3, 0.4) is 0 Å². The first-order valence-electron chi connectivity index (χ1n) is 7.79. The van der Waals surface area contributed by atoms with Crippen LogP contribution in [0.25, 0.3) is 11.1 Å². The Labute approximate surface area is 146 Å². The fourth-order valence-electron chi connectivity index (χ4n) is 2.50. The molecule has 0 saturated carbocycles. The molecule has 0 atom stereocenters. The van der Waals surface area contributed by atoms with E-state index in [1.165, 1.54) is 18.2 Å². The lowest BCUT2D eigenvalue weighted by Gasteiger charge is -2.11. The summed E-state index contributed by atoms with van der Waals surface area (Å²) in [4.78, 5) is 34.7. The number of rotatable bonds is 6. The van der Waals surface area contributed by atoms with E-state index in [1.54, 1.807) is 24.3 Å². The SMILES string of the molecule is CCOc1ccccc1NC(=O)Cn1c(=O)oc2ccc([N+](=O)[O-])cc21. The fraction of sp³-hybridized carbons (Fsp3) is 0.176. The number of nitro groups is 1. The number of nitro benzene ring substituents is 1. The molecule has 9 heteroatoms. The number of non-ortho nitro benzene ring substituents is 1. The number of hydrogen-bond acceptors (Lipinski definition) is 6. The second kappa shape index (κ2) is 7.09. The van der Waals surface area contributed by atoms with E-state index >= 15 is 0 Å². The van der Waals surface area contributed by atoms with Gasteiger partial charge in [-0.05, 0) is 25.1 Å². The first-order chi connectivity index (χ1) is 12.5. The molecule has 1 aromatic heterocycles. The molecule has 0 spiro atoms. The maximum absolute atomic E-state index is 12.3. The van der Waals surface area contributed by atoms with Crippen molar-refractivity contribution in [1.29, 1.82) is 0 Å². The van der Waals surface area contributed by atoms with Crippen molar-refractivity contribution in [2.75, 3.05) is 11.9 Å². The number of nitrogens with one attached hydrogen (secondary N) is 1. The molecular weight excluding hydrogens is 342 g/mol. The van der Waals surface area contributed by atoms with Gasteiger partial charge in [0, 0.05) is 12.1 Å². The van der Waals surface area contributed by atoms with Gasteiger partial charge in [0.15, 0.2) is 5.58 Å². The summed E-state index contributed by atoms with van der Waals surface area (Å²) in [6, 6.07) is 10.6. The normalized spacial score (nSPS) is 10.7. The topological polar surface area (TPSA) is 117 Å². The van der Waals surface area contributed by atoms with Gasteiger partial charge in [0.05, 0.1) is 22.7 Å². The highest BCUT2D eigenvalue weighted by Crippen LogP contribution is 2.24. The molecule has 2 aromatic carbocycles. The van der Waals surface area contributed by atoms with Gasteiger partial charge in [-0.15, -0.1) is 0 Å². The van der Waals surface area contributed by atoms with E-state index in [1.807, 2.05) is 6.92 Å². The van der Waals surface area contributed by atoms with Crippen LogP contribution in [0.1, 0.15) is 6.92 Å². The molecule has 1 heterocycles. The first kappa shape index (κ1) is 17.2. The minimum Gasteiger partial charge on any atom is -0.492 e. The van der Waals surface area contributed by atoms with E-state index in [0.29, 0.717) is 18.0 Å². The number of ether oxygens (including phenoxy) is 1. The van der Waals surface area contributed by atoms with Gasteiger partial charge in [-0.3, -0.25) is 19.5 Å². The predicted octanol–water partition coefficient (Wildman–Crippen LogP) is 2.54. The zero-order valence-electron chi connectivity index (χ0n) is 13.8. The lowest BCUT2D eigenvalue weighted by molar-refractivity contribution is -0.384. The fourth-order valence-corrected chi connectivity index (χ4v) is 2.50. The number of fused-ring (bicyclic) bond motifs is 1. The molecule has 26 heavy (non-hydrogen) atoms. The van der Waals surface area contributed by atoms with Crippen molar-refractivity contribution in [3.05, 3.63) is 63.1 Å². The highest BCUT2D eigenvalue weighted by Gasteiger charge is 2.17. The van der Waals surface area contributed by atoms with Crippen LogP contribution in [0.5, 0.6) is 5.75 Å². The van der Waals surface area contributed by atoms with Crippen LogP contribution in [0.4, 0.5) is 11.4 Å². The van der Waals surface area contributed by atoms with E-state index in [9.17, 15) is 19.7 Å². The largest absolute Gasteiger partial charge is 0.492 e. The molecule has 1 N–H and O–H groups in total. The molecule has 0 aliphatic heterocycles. The van der Waals surface area contributed by atoms with Gasteiger partial charge in [-0.25, -0.2) is 4.79 Å². The maximum atomic E-state index is 12.3. The predicted molar refractivity (Wildman–Crippen MR) is 93.4 cm³/mol. The number of amides is 1. The Hall–Kier alpha value is -3.62. The van der Waals surface area contributed by atoms with Crippen LogP contribution in [-0.2, 0) is 11.3 Å². The number of oxazole rings is 1. The summed E-state index contributed by atoms with van der Waals surface area (Å²) in [7, 11) is 0. The molecule has 9 nitrogen and oxygen atoms in total. The van der Waals surface area contributed by atoms with E-state index in [0.717, 1.165) is 4.57 Å². The molecule has 3 aromatic rings. The molecule has 0 fully saturated rings. The second-order valence-corrected chi connectivity index (χ2v) is 5.34. The second-order valence-electron chi connectivity index (χ2n) is 5.34. The molecule has 0 unspecified atom stereocenters. The zero-order valence-corrected chi connectivity index (χ0v) is 13.8. The monoisotopic (exact) mass is 357 g/mol. The van der Waals surface area contributed by atoms with Gasteiger partial charge >= 0.3 is 5.76 Å². The number of benzene rings is 2. The van der Waals surface area contributed by atoms with Crippen LogP contribution in [0, 0.1) is 10.1 Å². The van der Waals surface area contributed by atoms with Crippen molar-refractivity contribution in [3.63, 3.8) is 0 Å². The Balaban J connectivity index is 1.88. The first-order valence-corrected chi connectivity index (χ1v) is 7.79. The van der Waals surface area contributed by atoms with Gasteiger partial charge in [-0.1, -0.05) is 12.1 Å². The summed E-state index contributed by atoms with van der Waals surface area (Å²) in [5.41, 5.74) is 0.612. The third-order valence-electron chi connectivity index (χ3n) is 3.62. The quantitative estimate of drug-likeness (QED) is 0.535. The van der Waals surface area contributed by atoms with Crippen LogP contribution >= 0.6 is 0 Å². The lowest BCUT2D eigenvalue weighted by Crippen LogP contribution is -2.25. The Kier molecular flexibility index (Phi) is 4.70. The average Bonchev–Trinajstić information content (AvgIpc) is 2.91. The Morgan fingerprint density at radius 3 is 2.81 bits per heavy atom. The number of hydrogen-bond donors (Lipinski definition) is 1. The van der Waals surface area contributed by atoms with Crippen LogP contribution in [0.15, 0.2) is 51.7 Å². The summed E-state index contributed by atoms with van der Waals surface area (Å²) in [6.45, 7) is 1.90. The molecule has 0 saturated heterocycles. The third-order valence-corrected chi connectivity index (χ3v) is 3.62. The number of nitrogens with zero attached hydrogens (tertiary/aromatic N) is 2. The Morgan fingerprint density at radius 1 is 1.31 bits per heavy atom. The highest BCUT2D eigenvalue weighted by molar-refractivity contribution is 5.93. The third kappa shape index (κ3) is 3.41. The van der Waals surface area contributed by atoms with Crippen molar-refractivity contribution in [2.24, 2.45) is 0 Å². The van der Waals surface area contributed by atoms with Gasteiger partial charge in [-0.2, -0.15) is 0 Å². The molecular formula is C17H15N3O6. The summed E-state index contributed by atoms with van der Waals surface area (Å²) < 4.78 is 11.5. The lowest BCUT2D eigenvalue weighted by atomic mass is 10.2. The van der Waals surface area contributed by atoms with Crippen LogP contribution in [-0.4, -0.2) is 22.0 Å². The Bertz CT molecular complexity index is 1040. The van der Waals surface area contributed by atoms with Gasteiger partial charge in [0.2, 0.25) is 5.91 Å². The van der Waals surface area contributed by atoms with Crippen molar-refractivity contribution in [1.82, 2.24) is 4.57 Å². The number of carbonyl (C=O) groups is 1. The molecule has 1 amide bonds. The van der Waals surface area contributed by atoms with Gasteiger partial charge < -0.3 is 14.5 Å². The van der Waals surface area contributed by atoms with E-state index < -0.39 is 16.6 Å². The molecule has 3 rings (SSSR count). The minimum atomic E-state index is -0.770. The molecule has 0 aliphatic rings. The number of aromatic nitrogens is 1. The Morgan fingerprint density at radius 2 is 2.08 bits per heavy atom. The standard InChI is InChI=1S/C17H15N3O6/c1-2-25-14-6-4-3-5-12(14)18-16(21)10-19-13-9-11(20(23)24)7-8-15(13)26-17(19)22/h3-9H,2,10H2,1H3,(H,18,21). The number of para-hydroxylation sites is 2. The molecule has 0 bridgehead atoms. The highest BCUT2D eigenvalue weighted by atomic mass is 16.6. The maximum Gasteiger partial charge on any atom is 0.420 e. The number of carbonyl (C=O) groups excluding carboxylic acids is 1. The van der Waals surface area contributed by atoms with Gasteiger partial charge in [0.25, 0.3) is 5.69 Å². The molecule has 0 aliphatic carbocycles. The minimum absolute atomic E-state index is 0.170. The summed E-state index contributed by atoms with van der Waals surface area (Å²) >= 11 is 0. The average molecular weight is 357 g/mol. The summed E-state index contributed by atoms with van der Waals surface area (Å²) in [5, 5.41) is 13.6. The summed E-state index contributed by atoms with van der Waals surface area (Å²) in [5.74, 6) is -0.759. The molecule has 0 radical (unpaired) electrons. The van der Waals surface area contributed by atoms with Crippen molar-refractivity contribution < 1.29 is 18.9 Å². The molecule has 134 valence electrons. The van der Waals surface area contributed by atoms with Crippen molar-refractivity contribution >= 4 is 28.4 Å². The van der Waals surface area contributed by atoms with E-state index in [2.05, 4.69) is 5.32 Å². The van der Waals surface area contributed by atoms with E-state index in [4.69, 9.17) is 9.15 Å².